The van der Waals surface area contributed by atoms with Crippen LogP contribution < -0.4 is 11.2 Å². The van der Waals surface area contributed by atoms with Crippen LogP contribution in [0.2, 0.25) is 0 Å². The number of hydrogen-bond donors (Lipinski definition) is 2. The summed E-state index contributed by atoms with van der Waals surface area (Å²) in [5.41, 5.74) is 9.81. The lowest BCUT2D eigenvalue weighted by Gasteiger charge is -2.00. The Morgan fingerprint density at radius 1 is 1.29 bits per heavy atom. The lowest BCUT2D eigenvalue weighted by atomic mass is 10.1. The maximum Gasteiger partial charge on any atom is 0.240 e. The molecule has 1 aromatic carbocycles. The van der Waals surface area contributed by atoms with Crippen LogP contribution in [0.25, 0.3) is 10.9 Å². The van der Waals surface area contributed by atoms with Crippen LogP contribution in [0.3, 0.4) is 0 Å². The van der Waals surface area contributed by atoms with Gasteiger partial charge in [-0.05, 0) is 43.1 Å². The van der Waals surface area contributed by atoms with E-state index in [1.165, 1.54) is 0 Å². The van der Waals surface area contributed by atoms with E-state index in [4.69, 9.17) is 5.73 Å². The fourth-order valence-electron chi connectivity index (χ4n) is 2.02. The molecule has 21 heavy (non-hydrogen) atoms. The fourth-order valence-corrected chi connectivity index (χ4v) is 2.02. The second-order valence-corrected chi connectivity index (χ2v) is 4.85. The molecule has 0 spiro atoms. The summed E-state index contributed by atoms with van der Waals surface area (Å²) in [5.74, 6) is -0.0641. The maximum absolute atomic E-state index is 11.5. The van der Waals surface area contributed by atoms with Gasteiger partial charge in [-0.25, -0.2) is 5.43 Å². The Morgan fingerprint density at radius 2 is 2.19 bits per heavy atom. The van der Waals surface area contributed by atoms with Crippen LogP contribution in [0.4, 0.5) is 0 Å². The number of hydrogen-bond acceptors (Lipinski definition) is 4. The second-order valence-electron chi connectivity index (χ2n) is 4.85. The molecule has 0 aliphatic heterocycles. The van der Waals surface area contributed by atoms with Gasteiger partial charge in [0.2, 0.25) is 5.91 Å². The van der Waals surface area contributed by atoms with E-state index >= 15 is 0 Å². The van der Waals surface area contributed by atoms with Gasteiger partial charge in [0.15, 0.2) is 0 Å². The summed E-state index contributed by atoms with van der Waals surface area (Å²) in [4.78, 5) is 15.8. The Bertz CT molecular complexity index is 624. The van der Waals surface area contributed by atoms with Gasteiger partial charge in [-0.2, -0.15) is 5.10 Å². The Labute approximate surface area is 124 Å². The smallest absolute Gasteiger partial charge is 0.240 e. The highest BCUT2D eigenvalue weighted by molar-refractivity contribution is 5.89. The van der Waals surface area contributed by atoms with Crippen LogP contribution in [-0.4, -0.2) is 23.7 Å². The SMILES string of the molecule is NCCCCCC(=O)N/N=C\c1ccc2ncccc2c1. The molecule has 0 unspecified atom stereocenters. The van der Waals surface area contributed by atoms with Crippen LogP contribution in [0, 0.1) is 0 Å². The summed E-state index contributed by atoms with van der Waals surface area (Å²) in [6.45, 7) is 0.677. The topological polar surface area (TPSA) is 80.4 Å². The molecular weight excluding hydrogens is 264 g/mol. The minimum atomic E-state index is -0.0641. The van der Waals surface area contributed by atoms with Crippen LogP contribution in [-0.2, 0) is 4.79 Å². The summed E-state index contributed by atoms with van der Waals surface area (Å²) in [6, 6.07) is 9.73. The molecule has 3 N–H and O–H groups in total. The number of pyridine rings is 1. The fraction of sp³-hybridized carbons (Fsp3) is 0.312. The normalized spacial score (nSPS) is 11.1. The van der Waals surface area contributed by atoms with Gasteiger partial charge in [0.1, 0.15) is 0 Å². The molecule has 1 amide bonds. The number of carbonyl (C=O) groups excluding carboxylic acids is 1. The number of unbranched alkanes of at least 4 members (excludes halogenated alkanes) is 2. The van der Waals surface area contributed by atoms with E-state index in [9.17, 15) is 4.79 Å². The van der Waals surface area contributed by atoms with Gasteiger partial charge >= 0.3 is 0 Å². The first kappa shape index (κ1) is 15.1. The largest absolute Gasteiger partial charge is 0.330 e. The second kappa shape index (κ2) is 8.11. The third-order valence-corrected chi connectivity index (χ3v) is 3.14. The van der Waals surface area contributed by atoms with Gasteiger partial charge in [-0.3, -0.25) is 9.78 Å². The lowest BCUT2D eigenvalue weighted by molar-refractivity contribution is -0.121. The van der Waals surface area contributed by atoms with E-state index in [-0.39, 0.29) is 5.91 Å². The number of nitrogens with two attached hydrogens (primary N) is 1. The number of aromatic nitrogens is 1. The Balaban J connectivity index is 1.83. The molecule has 1 heterocycles. The van der Waals surface area contributed by atoms with Crippen molar-refractivity contribution < 1.29 is 4.79 Å². The number of hydrazone groups is 1. The zero-order chi connectivity index (χ0) is 14.9. The van der Waals surface area contributed by atoms with Gasteiger partial charge in [-0.15, -0.1) is 0 Å². The first-order chi connectivity index (χ1) is 10.3. The van der Waals surface area contributed by atoms with E-state index in [1.807, 2.05) is 30.3 Å². The first-order valence-corrected chi connectivity index (χ1v) is 7.16. The standard InChI is InChI=1S/C16H20N4O/c17-9-3-1-2-6-16(21)20-19-12-13-7-8-15-14(11-13)5-4-10-18-15/h4-5,7-8,10-12H,1-3,6,9,17H2,(H,20,21)/b19-12-. The summed E-state index contributed by atoms with van der Waals surface area (Å²) in [7, 11) is 0. The summed E-state index contributed by atoms with van der Waals surface area (Å²) in [6.07, 6.45) is 6.68. The van der Waals surface area contributed by atoms with E-state index in [1.54, 1.807) is 12.4 Å². The molecular formula is C16H20N4O. The van der Waals surface area contributed by atoms with Crippen molar-refractivity contribution in [2.24, 2.45) is 10.8 Å². The van der Waals surface area contributed by atoms with Crippen LogP contribution in [0.5, 0.6) is 0 Å². The van der Waals surface area contributed by atoms with Crippen molar-refractivity contribution in [3.05, 3.63) is 42.1 Å². The van der Waals surface area contributed by atoms with Crippen molar-refractivity contribution >= 4 is 23.0 Å². The van der Waals surface area contributed by atoms with Crippen LogP contribution >= 0.6 is 0 Å². The molecule has 0 aliphatic carbocycles. The molecule has 0 saturated carbocycles. The summed E-state index contributed by atoms with van der Waals surface area (Å²) >= 11 is 0. The van der Waals surface area contributed by atoms with Gasteiger partial charge < -0.3 is 5.73 Å². The highest BCUT2D eigenvalue weighted by Crippen LogP contribution is 2.11. The van der Waals surface area contributed by atoms with Crippen LogP contribution in [0.15, 0.2) is 41.6 Å². The Kier molecular flexibility index (Phi) is 5.84. The number of rotatable bonds is 7. The minimum absolute atomic E-state index is 0.0641. The molecule has 5 heteroatoms. The number of fused-ring (bicyclic) bond motifs is 1. The molecule has 2 aromatic rings. The summed E-state index contributed by atoms with van der Waals surface area (Å²) < 4.78 is 0. The third-order valence-electron chi connectivity index (χ3n) is 3.14. The minimum Gasteiger partial charge on any atom is -0.330 e. The average Bonchev–Trinajstić information content (AvgIpc) is 2.51. The van der Waals surface area contributed by atoms with E-state index in [2.05, 4.69) is 15.5 Å². The van der Waals surface area contributed by atoms with E-state index in [0.717, 1.165) is 35.7 Å². The van der Waals surface area contributed by atoms with Gasteiger partial charge in [0, 0.05) is 18.0 Å². The molecule has 5 nitrogen and oxygen atoms in total. The van der Waals surface area contributed by atoms with Crippen molar-refractivity contribution in [3.63, 3.8) is 0 Å². The molecule has 0 atom stereocenters. The van der Waals surface area contributed by atoms with Crippen molar-refractivity contribution in [3.8, 4) is 0 Å². The van der Waals surface area contributed by atoms with Gasteiger partial charge in [0.25, 0.3) is 0 Å². The highest BCUT2D eigenvalue weighted by Gasteiger charge is 1.99. The number of amides is 1. The van der Waals surface area contributed by atoms with Crippen molar-refractivity contribution in [2.75, 3.05) is 6.54 Å². The van der Waals surface area contributed by atoms with Gasteiger partial charge in [-0.1, -0.05) is 18.6 Å². The zero-order valence-corrected chi connectivity index (χ0v) is 12.0. The molecule has 0 saturated heterocycles. The quantitative estimate of drug-likeness (QED) is 0.464. The van der Waals surface area contributed by atoms with E-state index < -0.39 is 0 Å². The predicted octanol–water partition coefficient (Wildman–Crippen LogP) is 2.20. The molecule has 0 fully saturated rings. The Hall–Kier alpha value is -2.27. The predicted molar refractivity (Wildman–Crippen MR) is 85.0 cm³/mol. The van der Waals surface area contributed by atoms with Crippen molar-refractivity contribution in [2.45, 2.75) is 25.7 Å². The van der Waals surface area contributed by atoms with Crippen LogP contribution in [0.1, 0.15) is 31.2 Å². The average molecular weight is 284 g/mol. The number of nitrogens with one attached hydrogen (secondary N) is 1. The third kappa shape index (κ3) is 4.96. The lowest BCUT2D eigenvalue weighted by Crippen LogP contribution is -2.17. The number of benzene rings is 1. The number of carbonyl (C=O) groups is 1. The highest BCUT2D eigenvalue weighted by atomic mass is 16.2. The van der Waals surface area contributed by atoms with Crippen molar-refractivity contribution in [1.29, 1.82) is 0 Å². The van der Waals surface area contributed by atoms with E-state index in [0.29, 0.717) is 13.0 Å². The Morgan fingerprint density at radius 3 is 3.05 bits per heavy atom. The molecule has 110 valence electrons. The maximum atomic E-state index is 11.5. The number of nitrogens with zero attached hydrogens (tertiary/aromatic N) is 2. The molecule has 0 aliphatic rings. The molecule has 0 bridgehead atoms. The molecule has 2 rings (SSSR count). The monoisotopic (exact) mass is 284 g/mol. The van der Waals surface area contributed by atoms with Crippen molar-refractivity contribution in [1.82, 2.24) is 10.4 Å². The first-order valence-electron chi connectivity index (χ1n) is 7.16. The molecule has 0 radical (unpaired) electrons. The zero-order valence-electron chi connectivity index (χ0n) is 12.0. The summed E-state index contributed by atoms with van der Waals surface area (Å²) in [5, 5.41) is 5.03. The molecule has 1 aromatic heterocycles. The van der Waals surface area contributed by atoms with Gasteiger partial charge in [0.05, 0.1) is 11.7 Å².